The quantitative estimate of drug-likeness (QED) is 0.283. The number of halogens is 3. The summed E-state index contributed by atoms with van der Waals surface area (Å²) in [6.45, 7) is -0.00127. The van der Waals surface area contributed by atoms with Gasteiger partial charge in [-0.1, -0.05) is 30.4 Å². The Morgan fingerprint density at radius 1 is 0.905 bits per heavy atom. The zero-order valence-electron chi connectivity index (χ0n) is 22.8. The molecule has 8 nitrogen and oxygen atoms in total. The molecule has 1 aliphatic rings. The van der Waals surface area contributed by atoms with E-state index in [1.807, 2.05) is 12.2 Å². The molecule has 222 valence electrons. The number of nitrogens with zero attached hydrogens (tertiary/aromatic N) is 2. The first-order valence-corrected chi connectivity index (χ1v) is 14.2. The molecule has 1 fully saturated rings. The maximum absolute atomic E-state index is 13.1. The van der Waals surface area contributed by atoms with Gasteiger partial charge in [0.1, 0.15) is 17.2 Å². The summed E-state index contributed by atoms with van der Waals surface area (Å²) in [5.74, 6) is 0.781. The van der Waals surface area contributed by atoms with Crippen LogP contribution in [0.3, 0.4) is 0 Å². The van der Waals surface area contributed by atoms with Crippen LogP contribution in [0.1, 0.15) is 22.3 Å². The highest BCUT2D eigenvalue weighted by Gasteiger charge is 2.34. The average Bonchev–Trinajstić information content (AvgIpc) is 2.99. The number of phenolic OH excluding ortho intramolecular Hbond substituents is 1. The minimum Gasteiger partial charge on any atom is -0.508 e. The van der Waals surface area contributed by atoms with E-state index < -0.39 is 26.7 Å². The minimum absolute atomic E-state index is 0.0642. The summed E-state index contributed by atoms with van der Waals surface area (Å²) in [7, 11) is -1.16. The van der Waals surface area contributed by atoms with Gasteiger partial charge in [0.05, 0.1) is 24.7 Å². The molecule has 0 spiro atoms. The van der Waals surface area contributed by atoms with Gasteiger partial charge in [-0.05, 0) is 53.6 Å². The van der Waals surface area contributed by atoms with Gasteiger partial charge in [0.25, 0.3) is 0 Å². The topological polar surface area (TPSA) is 96.4 Å². The molecule has 1 saturated heterocycles. The van der Waals surface area contributed by atoms with Crippen molar-refractivity contribution in [2.75, 3.05) is 40.4 Å². The average molecular weight is 603 g/mol. The molecule has 3 aromatic carbocycles. The number of rotatable bonds is 8. The van der Waals surface area contributed by atoms with Crippen molar-refractivity contribution in [2.45, 2.75) is 11.1 Å². The van der Waals surface area contributed by atoms with Gasteiger partial charge in [-0.25, -0.2) is 8.42 Å². The van der Waals surface area contributed by atoms with E-state index >= 15 is 0 Å². The highest BCUT2D eigenvalue weighted by Crippen LogP contribution is 2.33. The van der Waals surface area contributed by atoms with Crippen molar-refractivity contribution in [1.29, 1.82) is 0 Å². The monoisotopic (exact) mass is 602 g/mol. The Labute approximate surface area is 241 Å². The maximum atomic E-state index is 13.1. The Bertz CT molecular complexity index is 1590. The number of benzene rings is 3. The smallest absolute Gasteiger partial charge is 0.416 e. The van der Waals surface area contributed by atoms with E-state index in [1.165, 1.54) is 25.2 Å². The maximum Gasteiger partial charge on any atom is 0.416 e. The summed E-state index contributed by atoms with van der Waals surface area (Å²) in [5.41, 5.74) is 1.08. The molecule has 3 aromatic rings. The van der Waals surface area contributed by atoms with Crippen molar-refractivity contribution in [3.63, 3.8) is 0 Å². The SMILES string of the molecule is COc1cc(C=Cc2ccc(O)cc2)c(C=CC(=O)N2CCN(S(=O)(=O)c3cccc(C(F)(F)F)c3)CC2)c(OC)c1. The molecule has 1 heterocycles. The Kier molecular flexibility index (Phi) is 9.27. The van der Waals surface area contributed by atoms with Crippen LogP contribution in [0.25, 0.3) is 18.2 Å². The van der Waals surface area contributed by atoms with Crippen molar-refractivity contribution in [2.24, 2.45) is 0 Å². The van der Waals surface area contributed by atoms with Gasteiger partial charge < -0.3 is 19.5 Å². The number of methoxy groups -OCH3 is 2. The van der Waals surface area contributed by atoms with Crippen molar-refractivity contribution >= 4 is 34.2 Å². The van der Waals surface area contributed by atoms with Gasteiger partial charge in [0.15, 0.2) is 0 Å². The summed E-state index contributed by atoms with van der Waals surface area (Å²) in [4.78, 5) is 14.1. The second-order valence-electron chi connectivity index (χ2n) is 9.35. The van der Waals surface area contributed by atoms with Crippen LogP contribution >= 0.6 is 0 Å². The third kappa shape index (κ3) is 7.12. The molecule has 0 radical (unpaired) electrons. The summed E-state index contributed by atoms with van der Waals surface area (Å²) in [5, 5.41) is 9.52. The van der Waals surface area contributed by atoms with E-state index in [1.54, 1.807) is 42.5 Å². The number of aromatic hydroxyl groups is 1. The van der Waals surface area contributed by atoms with Crippen LogP contribution in [-0.2, 0) is 21.0 Å². The second kappa shape index (κ2) is 12.7. The molecule has 0 unspecified atom stereocenters. The van der Waals surface area contributed by atoms with E-state index in [2.05, 4.69) is 0 Å². The lowest BCUT2D eigenvalue weighted by atomic mass is 10.0. The largest absolute Gasteiger partial charge is 0.508 e. The van der Waals surface area contributed by atoms with Gasteiger partial charge in [0.2, 0.25) is 15.9 Å². The second-order valence-corrected chi connectivity index (χ2v) is 11.3. The highest BCUT2D eigenvalue weighted by molar-refractivity contribution is 7.89. The van der Waals surface area contributed by atoms with Crippen LogP contribution in [-0.4, -0.2) is 69.0 Å². The number of ether oxygens (including phenoxy) is 2. The molecule has 0 aliphatic carbocycles. The third-order valence-corrected chi connectivity index (χ3v) is 8.59. The first-order chi connectivity index (χ1) is 19.9. The molecule has 1 aliphatic heterocycles. The minimum atomic E-state index is -4.67. The van der Waals surface area contributed by atoms with Crippen LogP contribution in [0.4, 0.5) is 13.2 Å². The van der Waals surface area contributed by atoms with Gasteiger partial charge in [-0.15, -0.1) is 0 Å². The molecule has 4 rings (SSSR count). The predicted octanol–water partition coefficient (Wildman–Crippen LogP) is 5.14. The van der Waals surface area contributed by atoms with E-state index in [4.69, 9.17) is 9.47 Å². The normalized spacial score (nSPS) is 14.9. The molecule has 0 atom stereocenters. The fourth-order valence-corrected chi connectivity index (χ4v) is 5.86. The molecule has 42 heavy (non-hydrogen) atoms. The summed E-state index contributed by atoms with van der Waals surface area (Å²) in [6, 6.07) is 13.7. The van der Waals surface area contributed by atoms with E-state index in [9.17, 15) is 31.5 Å². The number of hydrogen-bond donors (Lipinski definition) is 1. The molecule has 12 heteroatoms. The van der Waals surface area contributed by atoms with Crippen LogP contribution in [0.2, 0.25) is 0 Å². The lowest BCUT2D eigenvalue weighted by molar-refractivity contribution is -0.137. The zero-order valence-corrected chi connectivity index (χ0v) is 23.7. The molecule has 0 saturated carbocycles. The van der Waals surface area contributed by atoms with E-state index in [0.717, 1.165) is 28.1 Å². The van der Waals surface area contributed by atoms with Crippen LogP contribution < -0.4 is 9.47 Å². The van der Waals surface area contributed by atoms with E-state index in [-0.39, 0.29) is 37.8 Å². The highest BCUT2D eigenvalue weighted by atomic mass is 32.2. The Morgan fingerprint density at radius 3 is 2.21 bits per heavy atom. The number of phenols is 1. The number of piperazine rings is 1. The van der Waals surface area contributed by atoms with E-state index in [0.29, 0.717) is 28.7 Å². The summed E-state index contributed by atoms with van der Waals surface area (Å²) < 4.78 is 77.3. The lowest BCUT2D eigenvalue weighted by Gasteiger charge is -2.33. The van der Waals surface area contributed by atoms with Gasteiger partial charge in [-0.3, -0.25) is 4.79 Å². The lowest BCUT2D eigenvalue weighted by Crippen LogP contribution is -2.50. The number of carbonyl (C=O) groups excluding carboxylic acids is 1. The van der Waals surface area contributed by atoms with Crippen LogP contribution in [0.5, 0.6) is 17.2 Å². The van der Waals surface area contributed by atoms with Gasteiger partial charge in [-0.2, -0.15) is 17.5 Å². The number of hydrogen-bond acceptors (Lipinski definition) is 6. The molecule has 1 amide bonds. The zero-order chi connectivity index (χ0) is 30.5. The number of amides is 1. The number of carbonyl (C=O) groups is 1. The van der Waals surface area contributed by atoms with Crippen LogP contribution in [0, 0.1) is 0 Å². The molecular weight excluding hydrogens is 573 g/mol. The summed E-state index contributed by atoms with van der Waals surface area (Å²) >= 11 is 0. The third-order valence-electron chi connectivity index (χ3n) is 6.69. The van der Waals surface area contributed by atoms with Crippen LogP contribution in [0.15, 0.2) is 71.6 Å². The van der Waals surface area contributed by atoms with Gasteiger partial charge in [0, 0.05) is 43.9 Å². The Morgan fingerprint density at radius 2 is 1.60 bits per heavy atom. The van der Waals surface area contributed by atoms with Crippen molar-refractivity contribution in [1.82, 2.24) is 9.21 Å². The molecular formula is C30H29F3N2O6S. The standard InChI is InChI=1S/C30H29F3N2O6S/c1-40-25-18-22(9-6-21-7-10-24(36)11-8-21)27(28(20-25)41-2)12-13-29(37)34-14-16-35(17-15-34)42(38,39)26-5-3-4-23(19-26)30(31,32)33/h3-13,18-20,36H,14-17H2,1-2H3. The fraction of sp³-hybridized carbons (Fsp3) is 0.233. The van der Waals surface area contributed by atoms with Crippen molar-refractivity contribution < 1.29 is 41.0 Å². The Hall–Kier alpha value is -4.29. The Balaban J connectivity index is 1.49. The fourth-order valence-electron chi connectivity index (χ4n) is 4.39. The van der Waals surface area contributed by atoms with Gasteiger partial charge >= 0.3 is 6.18 Å². The number of sulfonamides is 1. The van der Waals surface area contributed by atoms with Crippen molar-refractivity contribution in [3.8, 4) is 17.2 Å². The van der Waals surface area contributed by atoms with Crippen molar-refractivity contribution in [3.05, 3.63) is 89.0 Å². The first kappa shape index (κ1) is 30.7. The number of alkyl halides is 3. The molecule has 0 aromatic heterocycles. The first-order valence-electron chi connectivity index (χ1n) is 12.8. The molecule has 1 N–H and O–H groups in total. The predicted molar refractivity (Wildman–Crippen MR) is 152 cm³/mol. The molecule has 0 bridgehead atoms. The summed E-state index contributed by atoms with van der Waals surface area (Å²) in [6.07, 6.45) is 1.94.